The summed E-state index contributed by atoms with van der Waals surface area (Å²) in [6, 6.07) is 19.4. The van der Waals surface area contributed by atoms with Gasteiger partial charge in [-0.2, -0.15) is 0 Å². The topological polar surface area (TPSA) is 33.8 Å². The fraction of sp³-hybridized carbons (Fsp3) is 0.333. The molecule has 0 unspecified atom stereocenters. The zero-order valence-corrected chi connectivity index (χ0v) is 12.0. The van der Waals surface area contributed by atoms with Crippen molar-refractivity contribution in [2.45, 2.75) is 24.2 Å². The monoisotopic (exact) mass is 281 g/mol. The smallest absolute Gasteiger partial charge is 0.118 e. The molecule has 2 fully saturated rings. The molecule has 0 aliphatic carbocycles. The fourth-order valence-electron chi connectivity index (χ4n) is 3.39. The third-order valence-corrected chi connectivity index (χ3v) is 4.52. The predicted octanol–water partition coefficient (Wildman–Crippen LogP) is 2.57. The van der Waals surface area contributed by atoms with Gasteiger partial charge in [0.15, 0.2) is 0 Å². The molecule has 21 heavy (non-hydrogen) atoms. The van der Waals surface area contributed by atoms with E-state index in [0.29, 0.717) is 24.2 Å². The first-order chi connectivity index (χ1) is 10.4. The highest BCUT2D eigenvalue weighted by Gasteiger charge is 2.53. The molecule has 2 aromatic rings. The lowest BCUT2D eigenvalue weighted by molar-refractivity contribution is 0.277. The molecule has 3 heteroatoms. The van der Waals surface area contributed by atoms with Gasteiger partial charge in [-0.25, -0.2) is 0 Å². The van der Waals surface area contributed by atoms with Crippen molar-refractivity contribution in [2.24, 2.45) is 0 Å². The van der Waals surface area contributed by atoms with Crippen molar-refractivity contribution in [1.29, 1.82) is 0 Å². The van der Waals surface area contributed by atoms with Gasteiger partial charge in [0.1, 0.15) is 11.9 Å². The highest BCUT2D eigenvalue weighted by molar-refractivity contribution is 5.39. The fourth-order valence-corrected chi connectivity index (χ4v) is 3.39. The molecule has 4 atom stereocenters. The second-order valence-electron chi connectivity index (χ2n) is 5.73. The molecule has 0 spiro atoms. The third-order valence-electron chi connectivity index (χ3n) is 4.52. The SMILES string of the molecule is COc1ccc([C@H](c2ccccc2)[C@@H]2NC[C@@H]3O[C@H]23)cc1. The van der Waals surface area contributed by atoms with Gasteiger partial charge in [0, 0.05) is 18.5 Å². The summed E-state index contributed by atoms with van der Waals surface area (Å²) in [6.07, 6.45) is 0.775. The quantitative estimate of drug-likeness (QED) is 0.875. The molecule has 0 aromatic heterocycles. The second kappa shape index (κ2) is 5.17. The standard InChI is InChI=1S/C18H19NO2/c1-20-14-9-7-13(8-10-14)16(12-5-3-2-4-6-12)17-18-15(21-18)11-19-17/h2-10,15-19H,11H2,1H3/t15-,16-,17-,18-/m0/s1. The molecule has 108 valence electrons. The minimum atomic E-state index is 0.314. The average Bonchev–Trinajstić information content (AvgIpc) is 3.23. The van der Waals surface area contributed by atoms with Crippen molar-refractivity contribution in [2.75, 3.05) is 13.7 Å². The van der Waals surface area contributed by atoms with Gasteiger partial charge < -0.3 is 14.8 Å². The minimum Gasteiger partial charge on any atom is -0.497 e. The van der Waals surface area contributed by atoms with Crippen LogP contribution in [0.5, 0.6) is 5.75 Å². The van der Waals surface area contributed by atoms with Crippen molar-refractivity contribution in [3.63, 3.8) is 0 Å². The Labute approximate surface area is 124 Å². The van der Waals surface area contributed by atoms with E-state index >= 15 is 0 Å². The molecule has 0 saturated carbocycles. The Balaban J connectivity index is 1.71. The van der Waals surface area contributed by atoms with Gasteiger partial charge in [0.25, 0.3) is 0 Å². The summed E-state index contributed by atoms with van der Waals surface area (Å²) in [5, 5.41) is 3.63. The normalized spacial score (nSPS) is 28.0. The number of epoxide rings is 1. The summed E-state index contributed by atoms with van der Waals surface area (Å²) in [4.78, 5) is 0. The molecule has 1 N–H and O–H groups in total. The van der Waals surface area contributed by atoms with Crippen LogP contribution in [0.1, 0.15) is 17.0 Å². The maximum absolute atomic E-state index is 5.75. The Morgan fingerprint density at radius 1 is 1.05 bits per heavy atom. The maximum atomic E-state index is 5.75. The summed E-state index contributed by atoms with van der Waals surface area (Å²) in [5.41, 5.74) is 2.63. The lowest BCUT2D eigenvalue weighted by Crippen LogP contribution is -2.35. The highest BCUT2D eigenvalue weighted by atomic mass is 16.6. The molecular formula is C18H19NO2. The van der Waals surface area contributed by atoms with Crippen LogP contribution in [0.2, 0.25) is 0 Å². The Bertz CT molecular complexity index is 611. The first kappa shape index (κ1) is 12.9. The first-order valence-corrected chi connectivity index (χ1v) is 7.44. The van der Waals surface area contributed by atoms with E-state index in [-0.39, 0.29) is 0 Å². The molecule has 2 aromatic carbocycles. The van der Waals surface area contributed by atoms with E-state index in [9.17, 15) is 0 Å². The van der Waals surface area contributed by atoms with Crippen LogP contribution in [-0.4, -0.2) is 31.9 Å². The Morgan fingerprint density at radius 2 is 1.76 bits per heavy atom. The van der Waals surface area contributed by atoms with Crippen molar-refractivity contribution >= 4 is 0 Å². The van der Waals surface area contributed by atoms with Crippen LogP contribution in [0.3, 0.4) is 0 Å². The number of fused-ring (bicyclic) bond motifs is 1. The molecule has 3 nitrogen and oxygen atoms in total. The van der Waals surface area contributed by atoms with Gasteiger partial charge in [-0.3, -0.25) is 0 Å². The Kier molecular flexibility index (Phi) is 3.17. The van der Waals surface area contributed by atoms with Gasteiger partial charge in [-0.15, -0.1) is 0 Å². The van der Waals surface area contributed by atoms with Crippen LogP contribution in [0.25, 0.3) is 0 Å². The molecule has 0 amide bonds. The van der Waals surface area contributed by atoms with Crippen molar-refractivity contribution in [1.82, 2.24) is 5.32 Å². The van der Waals surface area contributed by atoms with E-state index in [1.807, 2.05) is 12.1 Å². The zero-order valence-electron chi connectivity index (χ0n) is 12.0. The number of benzene rings is 2. The summed E-state index contributed by atoms with van der Waals surface area (Å²) >= 11 is 0. The highest BCUT2D eigenvalue weighted by Crippen LogP contribution is 2.40. The van der Waals surface area contributed by atoms with Gasteiger partial charge in [0.05, 0.1) is 13.2 Å². The lowest BCUT2D eigenvalue weighted by Gasteiger charge is -2.26. The Morgan fingerprint density at radius 3 is 2.33 bits per heavy atom. The molecule has 2 heterocycles. The van der Waals surface area contributed by atoms with E-state index in [4.69, 9.17) is 9.47 Å². The summed E-state index contributed by atoms with van der Waals surface area (Å²) in [6.45, 7) is 0.967. The lowest BCUT2D eigenvalue weighted by atomic mass is 9.84. The van der Waals surface area contributed by atoms with Crippen LogP contribution in [-0.2, 0) is 4.74 Å². The number of hydrogen-bond donors (Lipinski definition) is 1. The molecule has 2 saturated heterocycles. The van der Waals surface area contributed by atoms with Crippen molar-refractivity contribution in [3.05, 3.63) is 65.7 Å². The van der Waals surface area contributed by atoms with Crippen molar-refractivity contribution < 1.29 is 9.47 Å². The predicted molar refractivity (Wildman–Crippen MR) is 81.7 cm³/mol. The van der Waals surface area contributed by atoms with E-state index in [2.05, 4.69) is 47.8 Å². The summed E-state index contributed by atoms with van der Waals surface area (Å²) in [5.74, 6) is 1.21. The molecule has 4 rings (SSSR count). The molecule has 0 radical (unpaired) electrons. The molecular weight excluding hydrogens is 262 g/mol. The third kappa shape index (κ3) is 2.33. The number of nitrogens with one attached hydrogen (secondary N) is 1. The van der Waals surface area contributed by atoms with Crippen LogP contribution < -0.4 is 10.1 Å². The van der Waals surface area contributed by atoms with Gasteiger partial charge in [-0.1, -0.05) is 42.5 Å². The molecule has 2 aliphatic heterocycles. The van der Waals surface area contributed by atoms with Gasteiger partial charge >= 0.3 is 0 Å². The molecule has 2 aliphatic rings. The first-order valence-electron chi connectivity index (χ1n) is 7.44. The number of hydrogen-bond acceptors (Lipinski definition) is 3. The van der Waals surface area contributed by atoms with Gasteiger partial charge in [-0.05, 0) is 23.3 Å². The van der Waals surface area contributed by atoms with E-state index in [0.717, 1.165) is 12.3 Å². The Hall–Kier alpha value is -1.84. The number of methoxy groups -OCH3 is 1. The largest absolute Gasteiger partial charge is 0.497 e. The van der Waals surface area contributed by atoms with Crippen LogP contribution in [0.4, 0.5) is 0 Å². The van der Waals surface area contributed by atoms with Crippen LogP contribution >= 0.6 is 0 Å². The van der Waals surface area contributed by atoms with E-state index in [1.165, 1.54) is 11.1 Å². The van der Waals surface area contributed by atoms with Gasteiger partial charge in [0.2, 0.25) is 0 Å². The number of morpholine rings is 1. The summed E-state index contributed by atoms with van der Waals surface area (Å²) < 4.78 is 11.0. The van der Waals surface area contributed by atoms with Crippen LogP contribution in [0.15, 0.2) is 54.6 Å². The number of rotatable bonds is 4. The van der Waals surface area contributed by atoms with Crippen molar-refractivity contribution in [3.8, 4) is 5.75 Å². The molecule has 0 bridgehead atoms. The average molecular weight is 281 g/mol. The van der Waals surface area contributed by atoms with Crippen LogP contribution in [0, 0.1) is 0 Å². The van der Waals surface area contributed by atoms with E-state index in [1.54, 1.807) is 7.11 Å². The maximum Gasteiger partial charge on any atom is 0.118 e. The zero-order chi connectivity index (χ0) is 14.2. The number of ether oxygens (including phenoxy) is 2. The minimum absolute atomic E-state index is 0.314. The summed E-state index contributed by atoms with van der Waals surface area (Å²) in [7, 11) is 1.70. The van der Waals surface area contributed by atoms with E-state index < -0.39 is 0 Å². The second-order valence-corrected chi connectivity index (χ2v) is 5.73.